The molecule has 1 fully saturated rings. The molecule has 2 aromatic carbocycles. The van der Waals surface area contributed by atoms with Crippen LogP contribution in [0.3, 0.4) is 0 Å². The Morgan fingerprint density at radius 2 is 1.90 bits per heavy atom. The zero-order valence-electron chi connectivity index (χ0n) is 29.9. The first-order valence-corrected chi connectivity index (χ1v) is 19.5. The fourth-order valence-corrected chi connectivity index (χ4v) is 8.99. The molecule has 2 aromatic rings. The van der Waals surface area contributed by atoms with Gasteiger partial charge in [0.1, 0.15) is 28.7 Å². The van der Waals surface area contributed by atoms with Crippen molar-refractivity contribution in [2.75, 3.05) is 38.7 Å². The fraction of sp³-hybridized carbons (Fsp3) is 0.632. The van der Waals surface area contributed by atoms with Crippen molar-refractivity contribution >= 4 is 40.0 Å². The lowest BCUT2D eigenvalue weighted by molar-refractivity contribution is -0.0469. The summed E-state index contributed by atoms with van der Waals surface area (Å²) in [5.74, 6) is 2.30. The van der Waals surface area contributed by atoms with E-state index in [4.69, 9.17) is 21.2 Å². The Labute approximate surface area is 295 Å². The van der Waals surface area contributed by atoms with Crippen molar-refractivity contribution in [3.05, 3.63) is 58.1 Å². The van der Waals surface area contributed by atoms with Crippen LogP contribution < -0.4 is 14.4 Å². The van der Waals surface area contributed by atoms with Gasteiger partial charge in [-0.2, -0.15) is 0 Å². The highest BCUT2D eigenvalue weighted by Crippen LogP contribution is 2.47. The van der Waals surface area contributed by atoms with Gasteiger partial charge >= 0.3 is 0 Å². The zero-order chi connectivity index (χ0) is 34.6. The van der Waals surface area contributed by atoms with Gasteiger partial charge in [0.15, 0.2) is 0 Å². The minimum Gasteiger partial charge on any atom is -0.490 e. The molecule has 2 aliphatic carbocycles. The highest BCUT2D eigenvalue weighted by molar-refractivity contribution is 7.84. The van der Waals surface area contributed by atoms with E-state index in [0.717, 1.165) is 86.8 Å². The van der Waals surface area contributed by atoms with Crippen LogP contribution in [0, 0.1) is 17.8 Å². The Hall–Kier alpha value is -2.78. The maximum atomic E-state index is 13.5. The Kier molecular flexibility index (Phi) is 12.0. The molecule has 0 aromatic heterocycles. The Bertz CT molecular complexity index is 1500. The average molecular weight is 699 g/mol. The van der Waals surface area contributed by atoms with Gasteiger partial charge in [-0.15, -0.1) is 0 Å². The quantitative estimate of drug-likeness (QED) is 0.196. The number of rotatable bonds is 2. The highest BCUT2D eigenvalue weighted by atomic mass is 35.5. The number of amides is 1. The lowest BCUT2D eigenvalue weighted by Crippen LogP contribution is -2.50. The lowest BCUT2D eigenvalue weighted by atomic mass is 9.68. The monoisotopic (exact) mass is 698 g/mol. The molecule has 10 heteroatoms. The first-order chi connectivity index (χ1) is 23.0. The summed E-state index contributed by atoms with van der Waals surface area (Å²) in [4.78, 5) is 24.3. The molecule has 0 saturated heterocycles. The molecule has 2 aliphatic heterocycles. The number of halogens is 1. The number of carbonyl (C=O) groups is 1. The van der Waals surface area contributed by atoms with Crippen molar-refractivity contribution < 1.29 is 18.6 Å². The molecule has 2 heterocycles. The molecule has 6 rings (SSSR count). The van der Waals surface area contributed by atoms with Crippen LogP contribution in [-0.2, 0) is 27.7 Å². The smallest absolute Gasteiger partial charge is 0.263 e. The second kappa shape index (κ2) is 15.8. The minimum atomic E-state index is -1.51. The normalized spacial score (nSPS) is 30.6. The first-order valence-electron chi connectivity index (χ1n) is 17.9. The van der Waals surface area contributed by atoms with Crippen molar-refractivity contribution in [2.24, 2.45) is 22.9 Å². The number of hydrogen-bond donors (Lipinski definition) is 1. The Morgan fingerprint density at radius 3 is 2.62 bits per heavy atom. The van der Waals surface area contributed by atoms with Gasteiger partial charge in [0.05, 0.1) is 17.5 Å². The van der Waals surface area contributed by atoms with E-state index >= 15 is 0 Å². The number of carbonyl (C=O) groups excluding carboxylic acids is 1. The van der Waals surface area contributed by atoms with Crippen LogP contribution in [0.15, 0.2) is 41.6 Å². The van der Waals surface area contributed by atoms with E-state index in [1.54, 1.807) is 6.07 Å². The van der Waals surface area contributed by atoms with Crippen LogP contribution in [-0.4, -0.2) is 66.0 Å². The second-order valence-corrected chi connectivity index (χ2v) is 16.3. The number of hydrogen-bond acceptors (Lipinski definition) is 6. The van der Waals surface area contributed by atoms with Crippen LogP contribution in [0.2, 0.25) is 5.02 Å². The number of nitrogens with zero attached hydrogens (tertiary/aromatic N) is 3. The van der Waals surface area contributed by atoms with Crippen LogP contribution >= 0.6 is 11.6 Å². The number of benzene rings is 2. The summed E-state index contributed by atoms with van der Waals surface area (Å²) < 4.78 is 22.8. The second-order valence-electron chi connectivity index (χ2n) is 14.3. The first kappa shape index (κ1) is 36.5. The number of amidine groups is 1. The molecule has 1 spiro atoms. The van der Waals surface area contributed by atoms with E-state index in [1.807, 2.05) is 64.9 Å². The van der Waals surface area contributed by atoms with Crippen molar-refractivity contribution in [3.8, 4) is 5.75 Å². The SMILES string of the molecule is C/C(=N\OC1CCCC(C)C(C)S(=O)NC(=O)c2ccc3c(c2)N(CC2CCC21)C[C@@]1(CCCc2cc(Cl)ccc21)CO3)N(C)C.CC. The van der Waals surface area contributed by atoms with Crippen molar-refractivity contribution in [2.45, 2.75) is 103 Å². The summed E-state index contributed by atoms with van der Waals surface area (Å²) in [6, 6.07) is 12.0. The summed E-state index contributed by atoms with van der Waals surface area (Å²) >= 11 is 6.46. The molecular formula is C38H55ClN4O4S. The summed E-state index contributed by atoms with van der Waals surface area (Å²) in [7, 11) is 2.46. The summed E-state index contributed by atoms with van der Waals surface area (Å²) in [5, 5.41) is 5.14. The van der Waals surface area contributed by atoms with Crippen LogP contribution in [0.5, 0.6) is 5.75 Å². The summed E-state index contributed by atoms with van der Waals surface area (Å²) in [6.45, 7) is 12.3. The number of fused-ring (bicyclic) bond motifs is 4. The Balaban J connectivity index is 0.00000221. The molecule has 1 amide bonds. The molecule has 48 heavy (non-hydrogen) atoms. The summed E-state index contributed by atoms with van der Waals surface area (Å²) in [6.07, 6.45) is 8.09. The molecule has 8 nitrogen and oxygen atoms in total. The summed E-state index contributed by atoms with van der Waals surface area (Å²) in [5.41, 5.74) is 3.85. The molecule has 4 aliphatic rings. The number of nitrogens with one attached hydrogen (secondary N) is 1. The average Bonchev–Trinajstić information content (AvgIpc) is 3.21. The van der Waals surface area contributed by atoms with Gasteiger partial charge in [0.2, 0.25) is 0 Å². The van der Waals surface area contributed by atoms with Gasteiger partial charge in [-0.25, -0.2) is 4.21 Å². The zero-order valence-corrected chi connectivity index (χ0v) is 31.5. The number of oxime groups is 1. The van der Waals surface area contributed by atoms with E-state index in [0.29, 0.717) is 24.0 Å². The van der Waals surface area contributed by atoms with E-state index in [2.05, 4.69) is 33.8 Å². The van der Waals surface area contributed by atoms with Crippen molar-refractivity contribution in [1.82, 2.24) is 9.62 Å². The van der Waals surface area contributed by atoms with E-state index < -0.39 is 11.0 Å². The molecule has 0 radical (unpaired) electrons. The van der Waals surface area contributed by atoms with Crippen molar-refractivity contribution in [1.29, 1.82) is 0 Å². The van der Waals surface area contributed by atoms with E-state index in [-0.39, 0.29) is 28.6 Å². The van der Waals surface area contributed by atoms with E-state index in [1.165, 1.54) is 11.1 Å². The molecule has 6 unspecified atom stereocenters. The highest BCUT2D eigenvalue weighted by Gasteiger charge is 2.45. The van der Waals surface area contributed by atoms with Gasteiger partial charge in [0.25, 0.3) is 5.91 Å². The maximum Gasteiger partial charge on any atom is 0.263 e. The topological polar surface area (TPSA) is 83.5 Å². The largest absolute Gasteiger partial charge is 0.490 e. The van der Waals surface area contributed by atoms with Gasteiger partial charge in [-0.3, -0.25) is 9.52 Å². The number of aryl methyl sites for hydroxylation is 1. The van der Waals surface area contributed by atoms with Gasteiger partial charge in [-0.1, -0.05) is 43.6 Å². The molecule has 1 N–H and O–H groups in total. The standard InChI is InChI=1S/C36H49ClN4O4S.C2H6/c1-23-8-6-10-33(45-38-25(3)40(4)5)30-14-11-28(30)20-41-21-36(17-7-9-26-18-29(37)13-15-31(26)36)22-44-34-16-12-27(19-32(34)41)35(42)39-46(43)24(23)2;1-2/h12-13,15-16,18-19,23-24,28,30,33H,6-11,14,17,20-22H2,1-5H3,(H,39,42);1-2H3/b38-25+;/t23?,24?,28?,30?,33?,36-,46?;/m0./s1. The number of anilines is 1. The lowest BCUT2D eigenvalue weighted by Gasteiger charge is -2.46. The fourth-order valence-electron chi connectivity index (χ4n) is 7.75. The van der Waals surface area contributed by atoms with Gasteiger partial charge in [-0.05, 0) is 119 Å². The molecular weight excluding hydrogens is 644 g/mol. The molecule has 264 valence electrons. The third-order valence-corrected chi connectivity index (χ3v) is 12.9. The predicted octanol–water partition coefficient (Wildman–Crippen LogP) is 7.75. The van der Waals surface area contributed by atoms with Crippen molar-refractivity contribution in [3.63, 3.8) is 0 Å². The van der Waals surface area contributed by atoms with E-state index in [9.17, 15) is 9.00 Å². The van der Waals surface area contributed by atoms with Crippen LogP contribution in [0.25, 0.3) is 0 Å². The third-order valence-electron chi connectivity index (χ3n) is 11.2. The minimum absolute atomic E-state index is 0.00908. The van der Waals surface area contributed by atoms with Crippen LogP contribution in [0.4, 0.5) is 5.69 Å². The predicted molar refractivity (Wildman–Crippen MR) is 198 cm³/mol. The molecule has 7 atom stereocenters. The van der Waals surface area contributed by atoms with Crippen LogP contribution in [0.1, 0.15) is 101 Å². The molecule has 1 saturated carbocycles. The number of ether oxygens (including phenoxy) is 1. The third kappa shape index (κ3) is 7.83. The molecule has 2 bridgehead atoms. The van der Waals surface area contributed by atoms with Gasteiger partial charge in [0, 0.05) is 49.1 Å². The Morgan fingerprint density at radius 1 is 1.10 bits per heavy atom. The van der Waals surface area contributed by atoms with Gasteiger partial charge < -0.3 is 19.4 Å². The maximum absolute atomic E-state index is 13.5.